The number of nitrogens with zero attached hydrogens (tertiary/aromatic N) is 1. The van der Waals surface area contributed by atoms with Gasteiger partial charge in [0, 0.05) is 17.1 Å². The van der Waals surface area contributed by atoms with Crippen LogP contribution in [0.1, 0.15) is 24.1 Å². The highest BCUT2D eigenvalue weighted by Gasteiger charge is 2.19. The molecule has 1 aliphatic rings. The molecule has 3 aromatic rings. The van der Waals surface area contributed by atoms with E-state index < -0.39 is 11.6 Å². The minimum atomic E-state index is -0.588. The van der Waals surface area contributed by atoms with E-state index in [1.165, 1.54) is 12.1 Å². The topological polar surface area (TPSA) is 24.9 Å². The Bertz CT molecular complexity index is 890. The molecule has 1 aromatic heterocycles. The van der Waals surface area contributed by atoms with Gasteiger partial charge in [-0.2, -0.15) is 0 Å². The van der Waals surface area contributed by atoms with Crippen molar-refractivity contribution in [2.24, 2.45) is 0 Å². The van der Waals surface area contributed by atoms with Crippen LogP contribution in [0.25, 0.3) is 10.9 Å². The van der Waals surface area contributed by atoms with E-state index >= 15 is 0 Å². The summed E-state index contributed by atoms with van der Waals surface area (Å²) in [6.07, 6.45) is 4.11. The fourth-order valence-corrected chi connectivity index (χ4v) is 3.24. The van der Waals surface area contributed by atoms with Gasteiger partial charge in [-0.25, -0.2) is 8.78 Å². The van der Waals surface area contributed by atoms with Crippen LogP contribution in [-0.2, 0) is 12.8 Å². The zero-order chi connectivity index (χ0) is 15.8. The average molecular weight is 310 g/mol. The summed E-state index contributed by atoms with van der Waals surface area (Å²) in [6.45, 7) is 0. The highest BCUT2D eigenvalue weighted by atomic mass is 19.1. The van der Waals surface area contributed by atoms with Gasteiger partial charge >= 0.3 is 0 Å². The molecule has 0 fully saturated rings. The maximum atomic E-state index is 14.1. The molecule has 4 heteroatoms. The summed E-state index contributed by atoms with van der Waals surface area (Å²) in [5.41, 5.74) is 4.32. The van der Waals surface area contributed by atoms with Crippen LogP contribution >= 0.6 is 0 Å². The highest BCUT2D eigenvalue weighted by Crippen LogP contribution is 2.35. The normalized spacial score (nSPS) is 13.8. The van der Waals surface area contributed by atoms with E-state index in [4.69, 9.17) is 4.98 Å². The molecule has 0 spiro atoms. The molecule has 0 amide bonds. The molecule has 0 unspecified atom stereocenters. The zero-order valence-corrected chi connectivity index (χ0v) is 12.6. The number of pyridine rings is 1. The number of hydrogen-bond acceptors (Lipinski definition) is 2. The lowest BCUT2D eigenvalue weighted by atomic mass is 9.92. The van der Waals surface area contributed by atoms with Crippen LogP contribution in [0.15, 0.2) is 42.5 Å². The van der Waals surface area contributed by atoms with Gasteiger partial charge in [0.05, 0.1) is 16.9 Å². The molecule has 116 valence electrons. The summed E-state index contributed by atoms with van der Waals surface area (Å²) < 4.78 is 27.2. The molecule has 4 rings (SSSR count). The summed E-state index contributed by atoms with van der Waals surface area (Å²) in [4.78, 5) is 4.76. The Morgan fingerprint density at radius 2 is 1.78 bits per heavy atom. The second-order valence-electron chi connectivity index (χ2n) is 5.89. The summed E-state index contributed by atoms with van der Waals surface area (Å²) in [7, 11) is 0. The van der Waals surface area contributed by atoms with Gasteiger partial charge in [0.25, 0.3) is 0 Å². The standard InChI is InChI=1S/C19H16F2N2/c20-12-9-10-18(15(21)11-12)23-19-13-5-1-3-7-16(13)22-17-8-4-2-6-14(17)19/h1,3,5,7,9-11H,2,4,6,8H2,(H,22,23). The first-order chi connectivity index (χ1) is 11.2. The SMILES string of the molecule is Fc1ccc(Nc2c3c(nc4ccccc24)CCCC3)c(F)c1. The molecule has 2 nitrogen and oxygen atoms in total. The van der Waals surface area contributed by atoms with Crippen LogP contribution in [0.4, 0.5) is 20.2 Å². The molecule has 23 heavy (non-hydrogen) atoms. The fourth-order valence-electron chi connectivity index (χ4n) is 3.24. The summed E-state index contributed by atoms with van der Waals surface area (Å²) in [5.74, 6) is -1.16. The number of aromatic nitrogens is 1. The van der Waals surface area contributed by atoms with Crippen molar-refractivity contribution in [3.8, 4) is 0 Å². The van der Waals surface area contributed by atoms with Crippen LogP contribution < -0.4 is 5.32 Å². The molecular weight excluding hydrogens is 294 g/mol. The van der Waals surface area contributed by atoms with Crippen LogP contribution in [0.3, 0.4) is 0 Å². The van der Waals surface area contributed by atoms with Gasteiger partial charge in [0.1, 0.15) is 11.6 Å². The molecule has 0 bridgehead atoms. The average Bonchev–Trinajstić information content (AvgIpc) is 2.56. The smallest absolute Gasteiger partial charge is 0.149 e. The van der Waals surface area contributed by atoms with Crippen LogP contribution in [-0.4, -0.2) is 4.98 Å². The first kappa shape index (κ1) is 14.1. The Kier molecular flexibility index (Phi) is 3.45. The van der Waals surface area contributed by atoms with Crippen LogP contribution in [0.5, 0.6) is 0 Å². The van der Waals surface area contributed by atoms with E-state index in [2.05, 4.69) is 5.32 Å². The third-order valence-electron chi connectivity index (χ3n) is 4.36. The van der Waals surface area contributed by atoms with Crippen LogP contribution in [0, 0.1) is 11.6 Å². The predicted molar refractivity (Wildman–Crippen MR) is 88.0 cm³/mol. The van der Waals surface area contributed by atoms with Gasteiger partial charge in [-0.3, -0.25) is 4.98 Å². The second kappa shape index (κ2) is 5.61. The van der Waals surface area contributed by atoms with Gasteiger partial charge in [-0.1, -0.05) is 18.2 Å². The molecule has 1 N–H and O–H groups in total. The number of anilines is 2. The monoisotopic (exact) mass is 310 g/mol. The van der Waals surface area contributed by atoms with E-state index in [0.29, 0.717) is 0 Å². The summed E-state index contributed by atoms with van der Waals surface area (Å²) in [6, 6.07) is 11.5. The van der Waals surface area contributed by atoms with Gasteiger partial charge in [-0.05, 0) is 49.4 Å². The fraction of sp³-hybridized carbons (Fsp3) is 0.211. The van der Waals surface area contributed by atoms with Crippen molar-refractivity contribution in [2.45, 2.75) is 25.7 Å². The van der Waals surface area contributed by atoms with Crippen molar-refractivity contribution in [3.05, 3.63) is 65.4 Å². The second-order valence-corrected chi connectivity index (χ2v) is 5.89. The molecular formula is C19H16F2N2. The molecule has 0 saturated carbocycles. The lowest BCUT2D eigenvalue weighted by molar-refractivity contribution is 0.586. The summed E-state index contributed by atoms with van der Waals surface area (Å²) >= 11 is 0. The number of fused-ring (bicyclic) bond motifs is 2. The van der Waals surface area contributed by atoms with E-state index in [-0.39, 0.29) is 5.69 Å². The number of aryl methyl sites for hydroxylation is 1. The molecule has 0 saturated heterocycles. The Morgan fingerprint density at radius 3 is 2.65 bits per heavy atom. The number of hydrogen-bond donors (Lipinski definition) is 1. The third-order valence-corrected chi connectivity index (χ3v) is 4.36. The number of nitrogens with one attached hydrogen (secondary N) is 1. The molecule has 0 atom stereocenters. The molecule has 1 heterocycles. The zero-order valence-electron chi connectivity index (χ0n) is 12.6. The van der Waals surface area contributed by atoms with E-state index in [9.17, 15) is 8.78 Å². The lowest BCUT2D eigenvalue weighted by Crippen LogP contribution is -2.10. The number of benzene rings is 2. The van der Waals surface area contributed by atoms with Gasteiger partial charge in [0.15, 0.2) is 0 Å². The maximum absolute atomic E-state index is 14.1. The van der Waals surface area contributed by atoms with Crippen molar-refractivity contribution in [1.29, 1.82) is 0 Å². The lowest BCUT2D eigenvalue weighted by Gasteiger charge is -2.22. The minimum Gasteiger partial charge on any atom is -0.352 e. The molecule has 1 aliphatic carbocycles. The van der Waals surface area contributed by atoms with Crippen molar-refractivity contribution >= 4 is 22.3 Å². The van der Waals surface area contributed by atoms with E-state index in [0.717, 1.165) is 59.6 Å². The van der Waals surface area contributed by atoms with Crippen molar-refractivity contribution < 1.29 is 8.78 Å². The first-order valence-corrected chi connectivity index (χ1v) is 7.85. The predicted octanol–water partition coefficient (Wildman–Crippen LogP) is 5.14. The largest absolute Gasteiger partial charge is 0.352 e. The molecule has 2 aromatic carbocycles. The van der Waals surface area contributed by atoms with Crippen molar-refractivity contribution in [3.63, 3.8) is 0 Å². The van der Waals surface area contributed by atoms with Gasteiger partial charge in [0.2, 0.25) is 0 Å². The van der Waals surface area contributed by atoms with Gasteiger partial charge in [-0.15, -0.1) is 0 Å². The Labute approximate surface area is 133 Å². The number of para-hydroxylation sites is 1. The minimum absolute atomic E-state index is 0.288. The Hall–Kier alpha value is -2.49. The van der Waals surface area contributed by atoms with Crippen LogP contribution in [0.2, 0.25) is 0 Å². The van der Waals surface area contributed by atoms with Gasteiger partial charge < -0.3 is 5.32 Å². The Morgan fingerprint density at radius 1 is 0.957 bits per heavy atom. The van der Waals surface area contributed by atoms with E-state index in [1.54, 1.807) is 0 Å². The van der Waals surface area contributed by atoms with Crippen molar-refractivity contribution in [2.75, 3.05) is 5.32 Å². The molecule has 0 radical (unpaired) electrons. The quantitative estimate of drug-likeness (QED) is 0.709. The van der Waals surface area contributed by atoms with Crippen molar-refractivity contribution in [1.82, 2.24) is 4.98 Å². The summed E-state index contributed by atoms with van der Waals surface area (Å²) in [5, 5.41) is 4.16. The third kappa shape index (κ3) is 2.54. The maximum Gasteiger partial charge on any atom is 0.149 e. The number of halogens is 2. The first-order valence-electron chi connectivity index (χ1n) is 7.85. The highest BCUT2D eigenvalue weighted by molar-refractivity contribution is 5.95. The Balaban J connectivity index is 1.90. The van der Waals surface area contributed by atoms with E-state index in [1.807, 2.05) is 24.3 Å². The molecule has 0 aliphatic heterocycles. The number of rotatable bonds is 2.